The van der Waals surface area contributed by atoms with Crippen molar-refractivity contribution in [2.24, 2.45) is 4.99 Å². The van der Waals surface area contributed by atoms with Crippen LogP contribution in [0.25, 0.3) is 0 Å². The van der Waals surface area contributed by atoms with Gasteiger partial charge in [-0.1, -0.05) is 25.1 Å². The summed E-state index contributed by atoms with van der Waals surface area (Å²) in [6.45, 7) is 6.38. The van der Waals surface area contributed by atoms with Crippen LogP contribution in [0.15, 0.2) is 35.5 Å². The van der Waals surface area contributed by atoms with Crippen LogP contribution in [0.5, 0.6) is 5.75 Å². The molecule has 0 aliphatic carbocycles. The zero-order valence-corrected chi connectivity index (χ0v) is 17.8. The van der Waals surface area contributed by atoms with Crippen LogP contribution < -0.4 is 15.4 Å². The van der Waals surface area contributed by atoms with Crippen LogP contribution in [-0.2, 0) is 19.4 Å². The molecule has 25 heavy (non-hydrogen) atoms. The Morgan fingerprint density at radius 3 is 2.88 bits per heavy atom. The van der Waals surface area contributed by atoms with Gasteiger partial charge in [-0.3, -0.25) is 0 Å². The molecule has 3 rings (SSSR count). The van der Waals surface area contributed by atoms with E-state index in [0.717, 1.165) is 42.6 Å². The molecular formula is C18H25IN4OS. The smallest absolute Gasteiger partial charge is 0.191 e. The van der Waals surface area contributed by atoms with Crippen LogP contribution in [0, 0.1) is 0 Å². The van der Waals surface area contributed by atoms with Crippen LogP contribution in [0.1, 0.15) is 29.3 Å². The number of halogens is 1. The fraction of sp³-hybridized carbons (Fsp3) is 0.444. The highest BCUT2D eigenvalue weighted by molar-refractivity contribution is 14.0. The number of hydrogen-bond acceptors (Lipinski definition) is 4. The van der Waals surface area contributed by atoms with Gasteiger partial charge in [0.05, 0.1) is 13.1 Å². The number of thiazole rings is 1. The van der Waals surface area contributed by atoms with Crippen LogP contribution >= 0.6 is 35.3 Å². The number of fused-ring (bicyclic) bond motifs is 1. The van der Waals surface area contributed by atoms with E-state index in [9.17, 15) is 0 Å². The van der Waals surface area contributed by atoms with Crippen molar-refractivity contribution in [1.82, 2.24) is 15.6 Å². The first-order valence-corrected chi connectivity index (χ1v) is 9.30. The maximum Gasteiger partial charge on any atom is 0.191 e. The summed E-state index contributed by atoms with van der Waals surface area (Å²) < 4.78 is 5.96. The monoisotopic (exact) mass is 472 g/mol. The Morgan fingerprint density at radius 1 is 1.32 bits per heavy atom. The molecule has 1 atom stereocenters. The Bertz CT molecular complexity index is 679. The predicted octanol–water partition coefficient (Wildman–Crippen LogP) is 3.38. The van der Waals surface area contributed by atoms with Gasteiger partial charge in [0.25, 0.3) is 0 Å². The summed E-state index contributed by atoms with van der Waals surface area (Å²) in [6, 6.07) is 8.23. The molecule has 0 saturated carbocycles. The van der Waals surface area contributed by atoms with Gasteiger partial charge >= 0.3 is 0 Å². The second-order valence-corrected chi connectivity index (χ2v) is 6.90. The van der Waals surface area contributed by atoms with Gasteiger partial charge in [-0.15, -0.1) is 35.3 Å². The fourth-order valence-electron chi connectivity index (χ4n) is 2.65. The van der Waals surface area contributed by atoms with Crippen molar-refractivity contribution < 1.29 is 4.74 Å². The molecule has 2 heterocycles. The third kappa shape index (κ3) is 5.57. The van der Waals surface area contributed by atoms with Crippen LogP contribution in [0.3, 0.4) is 0 Å². The molecule has 1 aliphatic rings. The summed E-state index contributed by atoms with van der Waals surface area (Å²) in [5.41, 5.74) is 1.28. The molecule has 0 radical (unpaired) electrons. The van der Waals surface area contributed by atoms with Crippen molar-refractivity contribution in [2.45, 2.75) is 39.3 Å². The van der Waals surface area contributed by atoms with E-state index in [2.05, 4.69) is 46.6 Å². The van der Waals surface area contributed by atoms with E-state index in [1.807, 2.05) is 18.3 Å². The minimum Gasteiger partial charge on any atom is -0.488 e. The van der Waals surface area contributed by atoms with Gasteiger partial charge in [0, 0.05) is 24.0 Å². The SMILES string of the molecule is CCNC(=NCc1ncc(CC)s1)NCC1Cc2ccccc2O1.I. The highest BCUT2D eigenvalue weighted by atomic mass is 127. The molecule has 2 N–H and O–H groups in total. The molecule has 1 aromatic heterocycles. The summed E-state index contributed by atoms with van der Waals surface area (Å²) >= 11 is 1.73. The summed E-state index contributed by atoms with van der Waals surface area (Å²) in [6.07, 6.45) is 4.06. The standard InChI is InChI=1S/C18H24N4OS.HI/c1-3-15-11-20-17(24-15)12-22-18(19-4-2)21-10-14-9-13-7-5-6-8-16(13)23-14;/h5-8,11,14H,3-4,9-10,12H2,1-2H3,(H2,19,21,22);1H. The van der Waals surface area contributed by atoms with E-state index in [-0.39, 0.29) is 30.1 Å². The normalized spacial score (nSPS) is 15.9. The van der Waals surface area contributed by atoms with Gasteiger partial charge in [-0.25, -0.2) is 9.98 Å². The van der Waals surface area contributed by atoms with Gasteiger partial charge in [-0.2, -0.15) is 0 Å². The van der Waals surface area contributed by atoms with Gasteiger partial charge in [-0.05, 0) is 25.0 Å². The lowest BCUT2D eigenvalue weighted by atomic mass is 10.1. The molecule has 0 spiro atoms. The number of para-hydroxylation sites is 1. The van der Waals surface area contributed by atoms with Crippen molar-refractivity contribution >= 4 is 41.3 Å². The molecule has 1 aliphatic heterocycles. The second-order valence-electron chi connectivity index (χ2n) is 5.70. The van der Waals surface area contributed by atoms with Crippen LogP contribution in [0.2, 0.25) is 0 Å². The molecule has 1 unspecified atom stereocenters. The first kappa shape index (κ1) is 20.0. The van der Waals surface area contributed by atoms with Crippen molar-refractivity contribution in [1.29, 1.82) is 0 Å². The number of aromatic nitrogens is 1. The maximum absolute atomic E-state index is 5.96. The highest BCUT2D eigenvalue weighted by Crippen LogP contribution is 2.27. The minimum atomic E-state index is 0. The number of aryl methyl sites for hydroxylation is 1. The van der Waals surface area contributed by atoms with E-state index in [0.29, 0.717) is 6.54 Å². The quantitative estimate of drug-likeness (QED) is 0.385. The maximum atomic E-state index is 5.96. The lowest BCUT2D eigenvalue weighted by Gasteiger charge is -2.15. The molecule has 7 heteroatoms. The van der Waals surface area contributed by atoms with Crippen molar-refractivity contribution in [3.63, 3.8) is 0 Å². The van der Waals surface area contributed by atoms with E-state index >= 15 is 0 Å². The number of guanidine groups is 1. The molecule has 5 nitrogen and oxygen atoms in total. The Kier molecular flexibility index (Phi) is 7.95. The molecule has 0 fully saturated rings. The minimum absolute atomic E-state index is 0. The predicted molar refractivity (Wildman–Crippen MR) is 114 cm³/mol. The Morgan fingerprint density at radius 2 is 2.16 bits per heavy atom. The van der Waals surface area contributed by atoms with E-state index < -0.39 is 0 Å². The third-order valence-electron chi connectivity index (χ3n) is 3.88. The fourth-order valence-corrected chi connectivity index (χ4v) is 3.44. The van der Waals surface area contributed by atoms with Crippen molar-refractivity contribution in [3.8, 4) is 5.75 Å². The van der Waals surface area contributed by atoms with E-state index in [4.69, 9.17) is 4.74 Å². The third-order valence-corrected chi connectivity index (χ3v) is 5.00. The van der Waals surface area contributed by atoms with Crippen molar-refractivity contribution in [2.75, 3.05) is 13.1 Å². The number of nitrogens with zero attached hydrogens (tertiary/aromatic N) is 2. The molecule has 1 aromatic carbocycles. The van der Waals surface area contributed by atoms with Gasteiger partial charge in [0.2, 0.25) is 0 Å². The lowest BCUT2D eigenvalue weighted by Crippen LogP contribution is -2.42. The Balaban J connectivity index is 0.00000225. The largest absolute Gasteiger partial charge is 0.488 e. The first-order chi connectivity index (χ1) is 11.8. The molecule has 0 bridgehead atoms. The van der Waals surface area contributed by atoms with Crippen LogP contribution in [0.4, 0.5) is 0 Å². The van der Waals surface area contributed by atoms with E-state index in [1.54, 1.807) is 11.3 Å². The lowest BCUT2D eigenvalue weighted by molar-refractivity contribution is 0.235. The molecule has 136 valence electrons. The Labute approximate surface area is 170 Å². The molecule has 2 aromatic rings. The van der Waals surface area contributed by atoms with Crippen molar-refractivity contribution in [3.05, 3.63) is 45.9 Å². The molecule has 0 saturated heterocycles. The van der Waals surface area contributed by atoms with Gasteiger partial charge in [0.1, 0.15) is 16.9 Å². The summed E-state index contributed by atoms with van der Waals surface area (Å²) in [5.74, 6) is 1.81. The number of benzene rings is 1. The summed E-state index contributed by atoms with van der Waals surface area (Å²) in [4.78, 5) is 10.3. The topological polar surface area (TPSA) is 58.5 Å². The number of ether oxygens (including phenoxy) is 1. The van der Waals surface area contributed by atoms with Crippen LogP contribution in [-0.4, -0.2) is 30.1 Å². The molecular weight excluding hydrogens is 447 g/mol. The Hall–Kier alpha value is -1.35. The average molecular weight is 472 g/mol. The number of aliphatic imine (C=N–C) groups is 1. The molecule has 0 amide bonds. The zero-order valence-electron chi connectivity index (χ0n) is 14.6. The average Bonchev–Trinajstić information content (AvgIpc) is 3.23. The summed E-state index contributed by atoms with van der Waals surface area (Å²) in [7, 11) is 0. The zero-order chi connectivity index (χ0) is 16.8. The summed E-state index contributed by atoms with van der Waals surface area (Å²) in [5, 5.41) is 7.71. The second kappa shape index (κ2) is 9.96. The number of nitrogens with one attached hydrogen (secondary N) is 2. The van der Waals surface area contributed by atoms with Gasteiger partial charge < -0.3 is 15.4 Å². The van der Waals surface area contributed by atoms with E-state index in [1.165, 1.54) is 10.4 Å². The number of rotatable bonds is 6. The highest BCUT2D eigenvalue weighted by Gasteiger charge is 2.22. The number of hydrogen-bond donors (Lipinski definition) is 2. The first-order valence-electron chi connectivity index (χ1n) is 8.48. The van der Waals surface area contributed by atoms with Gasteiger partial charge in [0.15, 0.2) is 5.96 Å².